The summed E-state index contributed by atoms with van der Waals surface area (Å²) in [6, 6.07) is -4.20. The van der Waals surface area contributed by atoms with E-state index >= 15 is 0 Å². The summed E-state index contributed by atoms with van der Waals surface area (Å²) in [5.41, 5.74) is 8.84. The Bertz CT molecular complexity index is 1300. The minimum absolute atomic E-state index is 0.00616. The quantitative estimate of drug-likeness (QED) is 0.150. The Balaban J connectivity index is 1.92. The monoisotopic (exact) mass is 725 g/mol. The lowest BCUT2D eigenvalue weighted by molar-refractivity contribution is -0.308. The number of carbonyl (C=O) groups excluding carboxylic acids is 2. The van der Waals surface area contributed by atoms with Crippen molar-refractivity contribution in [3.8, 4) is 0 Å². The minimum atomic E-state index is -3.88. The minimum Gasteiger partial charge on any atom is -0.466 e. The number of nitrogens with zero attached hydrogens (tertiary/aromatic N) is 1. The van der Waals surface area contributed by atoms with E-state index in [4.69, 9.17) is 39.9 Å². The maximum absolute atomic E-state index is 12.9. The van der Waals surface area contributed by atoms with Crippen LogP contribution < -0.4 is 22.1 Å². The molecule has 0 aromatic carbocycles. The maximum Gasteiger partial charge on any atom is 0.408 e. The fraction of sp³-hybridized carbons (Fsp3) is 0.867. The highest BCUT2D eigenvalue weighted by Gasteiger charge is 2.54. The van der Waals surface area contributed by atoms with Crippen LogP contribution in [0.1, 0.15) is 61.3 Å². The van der Waals surface area contributed by atoms with Gasteiger partial charge in [0.2, 0.25) is 16.3 Å². The number of nitrogens with two attached hydrogens (primary N) is 2. The number of carbonyl (C=O) groups is 2. The molecule has 1 saturated heterocycles. The van der Waals surface area contributed by atoms with E-state index in [0.29, 0.717) is 5.76 Å². The smallest absolute Gasteiger partial charge is 0.408 e. The molecule has 49 heavy (non-hydrogen) atoms. The predicted octanol–water partition coefficient (Wildman–Crippen LogP) is -1.05. The van der Waals surface area contributed by atoms with E-state index < -0.39 is 107 Å². The van der Waals surface area contributed by atoms with Gasteiger partial charge >= 0.3 is 12.2 Å². The van der Waals surface area contributed by atoms with Crippen LogP contribution in [0.3, 0.4) is 0 Å². The summed E-state index contributed by atoms with van der Waals surface area (Å²) in [7, 11) is -2.68. The lowest BCUT2D eigenvalue weighted by atomic mass is 9.83. The highest BCUT2D eigenvalue weighted by molar-refractivity contribution is 7.88. The molecule has 0 bridgehead atoms. The normalized spacial score (nSPS) is 35.9. The van der Waals surface area contributed by atoms with E-state index in [1.54, 1.807) is 47.6 Å². The second-order valence-corrected chi connectivity index (χ2v) is 17.0. The Hall–Kier alpha value is -2.33. The largest absolute Gasteiger partial charge is 0.466 e. The van der Waals surface area contributed by atoms with Crippen molar-refractivity contribution in [3.05, 3.63) is 11.8 Å². The van der Waals surface area contributed by atoms with E-state index in [-0.39, 0.29) is 19.4 Å². The third kappa shape index (κ3) is 11.1. The van der Waals surface area contributed by atoms with E-state index in [0.717, 1.165) is 10.6 Å². The van der Waals surface area contributed by atoms with Crippen LogP contribution in [0.15, 0.2) is 11.8 Å². The average Bonchev–Trinajstić information content (AvgIpc) is 2.92. The van der Waals surface area contributed by atoms with Gasteiger partial charge in [0.25, 0.3) is 0 Å². The number of likely N-dealkylation sites (N-methyl/N-ethyl adjacent to an activating group) is 1. The number of sulfonamides is 1. The van der Waals surface area contributed by atoms with Crippen LogP contribution in [0.4, 0.5) is 9.59 Å². The van der Waals surface area contributed by atoms with Crippen LogP contribution in [0.2, 0.25) is 0 Å². The molecule has 11 atom stereocenters. The Morgan fingerprint density at radius 3 is 2.04 bits per heavy atom. The zero-order chi connectivity index (χ0) is 37.3. The fourth-order valence-corrected chi connectivity index (χ4v) is 6.64. The summed E-state index contributed by atoms with van der Waals surface area (Å²) >= 11 is 0. The molecule has 0 aromatic heterocycles. The van der Waals surface area contributed by atoms with Gasteiger partial charge in [-0.05, 0) is 67.4 Å². The van der Waals surface area contributed by atoms with Crippen LogP contribution in [0.5, 0.6) is 0 Å². The molecule has 18 nitrogen and oxygen atoms in total. The molecule has 3 rings (SSSR count). The van der Waals surface area contributed by atoms with Crippen molar-refractivity contribution in [2.75, 3.05) is 26.5 Å². The summed E-state index contributed by atoms with van der Waals surface area (Å²) in [5, 5.41) is 39.3. The molecule has 19 heteroatoms. The summed E-state index contributed by atoms with van der Waals surface area (Å²) in [4.78, 5) is 25.6. The van der Waals surface area contributed by atoms with Crippen molar-refractivity contribution in [1.82, 2.24) is 14.9 Å². The number of nitrogens with one attached hydrogen (secondary N) is 2. The molecular weight excluding hydrogens is 670 g/mol. The van der Waals surface area contributed by atoms with Gasteiger partial charge in [0.1, 0.15) is 47.0 Å². The number of alkyl carbamates (subject to hydrolysis) is 2. The molecule has 9 N–H and O–H groups in total. The first-order chi connectivity index (χ1) is 22.3. The van der Waals surface area contributed by atoms with Crippen LogP contribution in [-0.2, 0) is 38.4 Å². The van der Waals surface area contributed by atoms with Gasteiger partial charge in [-0.15, -0.1) is 0 Å². The number of aliphatic hydroxyl groups is 3. The lowest BCUT2D eigenvalue weighted by Gasteiger charge is -2.50. The van der Waals surface area contributed by atoms with Crippen LogP contribution in [0, 0.1) is 0 Å². The Morgan fingerprint density at radius 1 is 1.00 bits per heavy atom. The van der Waals surface area contributed by atoms with Gasteiger partial charge in [-0.2, -0.15) is 4.31 Å². The number of ether oxygens (including phenoxy) is 6. The summed E-state index contributed by atoms with van der Waals surface area (Å²) in [6.45, 7) is 11.0. The molecule has 3 aliphatic rings. The first kappa shape index (κ1) is 41.1. The molecule has 0 unspecified atom stereocenters. The van der Waals surface area contributed by atoms with E-state index in [2.05, 4.69) is 10.6 Å². The molecule has 2 heterocycles. The first-order valence-corrected chi connectivity index (χ1v) is 17.9. The topological polar surface area (TPSA) is 264 Å². The van der Waals surface area contributed by atoms with Gasteiger partial charge in [0, 0.05) is 13.1 Å². The van der Waals surface area contributed by atoms with E-state index in [9.17, 15) is 33.3 Å². The van der Waals surface area contributed by atoms with Crippen molar-refractivity contribution >= 4 is 22.2 Å². The number of hydrogen-bond donors (Lipinski definition) is 7. The van der Waals surface area contributed by atoms with E-state index in [1.807, 2.05) is 0 Å². The molecule has 2 amide bonds. The first-order valence-electron chi connectivity index (χ1n) is 16.1. The van der Waals surface area contributed by atoms with Gasteiger partial charge in [-0.3, -0.25) is 0 Å². The van der Waals surface area contributed by atoms with Crippen LogP contribution >= 0.6 is 0 Å². The fourth-order valence-electron chi connectivity index (χ4n) is 5.88. The SMILES string of the molecule is CN([C@@H]1[C@@H](O)[C@@H](O[C@@H]2[C@@H](O)[C@H](O[C@H]3OC(CN)=CC[C@H]3NC(=O)OC(C)(C)C)[C@@H](NC(=O)OC(C)(C)C)C[C@H]2N)OC[C@]1(C)O)S(C)(=O)=O. The summed E-state index contributed by atoms with van der Waals surface area (Å²) in [6.07, 6.45) is -7.57. The molecule has 0 spiro atoms. The maximum atomic E-state index is 12.9. The Kier molecular flexibility index (Phi) is 13.0. The zero-order valence-corrected chi connectivity index (χ0v) is 30.4. The second kappa shape index (κ2) is 15.5. The molecule has 0 radical (unpaired) electrons. The molecular formula is C30H55N5O13S. The molecule has 2 fully saturated rings. The van der Waals surface area contributed by atoms with Crippen molar-refractivity contribution in [3.63, 3.8) is 0 Å². The van der Waals surface area contributed by atoms with Gasteiger partial charge in [0.05, 0.1) is 37.5 Å². The van der Waals surface area contributed by atoms with Crippen molar-refractivity contribution in [1.29, 1.82) is 0 Å². The van der Waals surface area contributed by atoms with Crippen molar-refractivity contribution < 1.29 is 61.7 Å². The third-order valence-corrected chi connectivity index (χ3v) is 9.37. The van der Waals surface area contributed by atoms with Crippen molar-refractivity contribution in [2.45, 2.75) is 139 Å². The molecule has 0 aromatic rings. The molecule has 1 saturated carbocycles. The number of amides is 2. The molecule has 284 valence electrons. The second-order valence-electron chi connectivity index (χ2n) is 14.9. The van der Waals surface area contributed by atoms with Crippen LogP contribution in [0.25, 0.3) is 0 Å². The highest BCUT2D eigenvalue weighted by Crippen LogP contribution is 2.34. The average molecular weight is 726 g/mol. The Labute approximate surface area is 287 Å². The number of aliphatic hydroxyl groups excluding tert-OH is 2. The van der Waals surface area contributed by atoms with Gasteiger partial charge in [0.15, 0.2) is 6.29 Å². The molecule has 2 aliphatic heterocycles. The standard InChI is InChI=1S/C30H55N5O13S/c1-28(2,3)47-26(38)33-17-11-10-15(13-31)44-24(17)46-22-18(34-27(39)48-29(4,5)6)12-16(32)21(19(22)36)45-25-20(37)23(30(7,40)14-43-25)35(8)49(9,41)42/h10,16-25,36-37,40H,11-14,31-32H2,1-9H3,(H,33,38)(H,34,39)/t16-,17-,18+,19-,20-,21+,22-,23-,24-,25-,30+/m1/s1. The summed E-state index contributed by atoms with van der Waals surface area (Å²) in [5.74, 6) is 0.352. The summed E-state index contributed by atoms with van der Waals surface area (Å²) < 4.78 is 60.3. The number of hydrogen-bond acceptors (Lipinski definition) is 15. The van der Waals surface area contributed by atoms with Gasteiger partial charge in [-0.25, -0.2) is 18.0 Å². The molecule has 1 aliphatic carbocycles. The third-order valence-electron chi connectivity index (χ3n) is 8.10. The number of rotatable bonds is 9. The van der Waals surface area contributed by atoms with Crippen LogP contribution in [-0.4, -0.2) is 145 Å². The van der Waals surface area contributed by atoms with E-state index in [1.165, 1.54) is 14.0 Å². The Morgan fingerprint density at radius 2 is 1.53 bits per heavy atom. The zero-order valence-electron chi connectivity index (χ0n) is 29.6. The van der Waals surface area contributed by atoms with Gasteiger partial charge < -0.3 is 65.8 Å². The lowest BCUT2D eigenvalue weighted by Crippen LogP contribution is -2.70. The highest BCUT2D eigenvalue weighted by atomic mass is 32.2. The van der Waals surface area contributed by atoms with Gasteiger partial charge in [-0.1, -0.05) is 0 Å². The predicted molar refractivity (Wildman–Crippen MR) is 174 cm³/mol. The van der Waals surface area contributed by atoms with Crippen molar-refractivity contribution in [2.24, 2.45) is 11.5 Å².